The molecule has 0 bridgehead atoms. The molecule has 4 atom stereocenters. The zero-order valence-corrected chi connectivity index (χ0v) is 17.7. The minimum absolute atomic E-state index is 0.0347. The third kappa shape index (κ3) is 3.75. The number of hydrogen-bond donors (Lipinski definition) is 2. The van der Waals surface area contributed by atoms with Gasteiger partial charge in [-0.3, -0.25) is 14.6 Å². The van der Waals surface area contributed by atoms with Gasteiger partial charge in [-0.25, -0.2) is 4.79 Å². The fourth-order valence-corrected chi connectivity index (χ4v) is 5.75. The van der Waals surface area contributed by atoms with Crippen molar-refractivity contribution in [1.29, 1.82) is 0 Å². The number of amides is 2. The largest absolute Gasteiger partial charge is 0.465 e. The van der Waals surface area contributed by atoms with E-state index in [0.29, 0.717) is 6.54 Å². The summed E-state index contributed by atoms with van der Waals surface area (Å²) >= 11 is 0. The molecule has 2 saturated heterocycles. The summed E-state index contributed by atoms with van der Waals surface area (Å²) in [7, 11) is 0. The SMILES string of the molecule is CC(C)(C)C1[C@@H]2CCCN2C[C@@H](C(=O)NC2CCCc3ccccc32)N1C(=O)O. The Bertz CT molecular complexity index is 788. The Balaban J connectivity index is 1.61. The maximum atomic E-state index is 13.4. The highest BCUT2D eigenvalue weighted by molar-refractivity contribution is 5.86. The zero-order valence-electron chi connectivity index (χ0n) is 17.7. The van der Waals surface area contributed by atoms with E-state index in [1.807, 2.05) is 12.1 Å². The second kappa shape index (κ2) is 7.63. The van der Waals surface area contributed by atoms with Crippen molar-refractivity contribution in [2.45, 2.75) is 77.0 Å². The lowest BCUT2D eigenvalue weighted by Crippen LogP contribution is -2.70. The van der Waals surface area contributed by atoms with Gasteiger partial charge in [-0.15, -0.1) is 0 Å². The molecule has 0 spiro atoms. The first kappa shape index (κ1) is 20.2. The van der Waals surface area contributed by atoms with E-state index >= 15 is 0 Å². The molecule has 4 rings (SSSR count). The Kier molecular flexibility index (Phi) is 5.32. The van der Waals surface area contributed by atoms with Gasteiger partial charge in [0.1, 0.15) is 6.04 Å². The molecule has 3 aliphatic rings. The van der Waals surface area contributed by atoms with E-state index in [1.165, 1.54) is 16.0 Å². The number of benzene rings is 1. The molecule has 1 aromatic carbocycles. The third-order valence-electron chi connectivity index (χ3n) is 6.92. The highest BCUT2D eigenvalue weighted by atomic mass is 16.4. The molecule has 2 aliphatic heterocycles. The van der Waals surface area contributed by atoms with Crippen LogP contribution in [0.2, 0.25) is 0 Å². The molecule has 2 fully saturated rings. The Morgan fingerprint density at radius 2 is 1.90 bits per heavy atom. The van der Waals surface area contributed by atoms with Gasteiger partial charge >= 0.3 is 6.09 Å². The number of fused-ring (bicyclic) bond motifs is 2. The summed E-state index contributed by atoms with van der Waals surface area (Å²) in [5.41, 5.74) is 2.23. The minimum Gasteiger partial charge on any atom is -0.465 e. The molecule has 29 heavy (non-hydrogen) atoms. The number of carboxylic acid groups (broad SMARTS) is 1. The Hall–Kier alpha value is -2.08. The number of rotatable bonds is 2. The topological polar surface area (TPSA) is 72.9 Å². The lowest BCUT2D eigenvalue weighted by atomic mass is 9.78. The van der Waals surface area contributed by atoms with Crippen LogP contribution in [0.5, 0.6) is 0 Å². The minimum atomic E-state index is -0.985. The molecule has 0 radical (unpaired) electrons. The average molecular weight is 400 g/mol. The summed E-state index contributed by atoms with van der Waals surface area (Å²) in [5, 5.41) is 13.3. The van der Waals surface area contributed by atoms with E-state index in [1.54, 1.807) is 0 Å². The molecule has 2 unspecified atom stereocenters. The van der Waals surface area contributed by atoms with Gasteiger partial charge in [0.05, 0.1) is 12.1 Å². The van der Waals surface area contributed by atoms with Gasteiger partial charge in [0.2, 0.25) is 5.91 Å². The maximum Gasteiger partial charge on any atom is 0.408 e. The van der Waals surface area contributed by atoms with Gasteiger partial charge < -0.3 is 10.4 Å². The fourth-order valence-electron chi connectivity index (χ4n) is 5.75. The lowest BCUT2D eigenvalue weighted by molar-refractivity contribution is -0.134. The first-order chi connectivity index (χ1) is 13.8. The number of nitrogens with one attached hydrogen (secondary N) is 1. The number of piperazine rings is 1. The normalized spacial score (nSPS) is 29.8. The molecule has 2 N–H and O–H groups in total. The predicted molar refractivity (Wildman–Crippen MR) is 112 cm³/mol. The molecule has 158 valence electrons. The molecule has 2 amide bonds. The van der Waals surface area contributed by atoms with Crippen molar-refractivity contribution in [3.05, 3.63) is 35.4 Å². The number of hydrogen-bond acceptors (Lipinski definition) is 3. The average Bonchev–Trinajstić information content (AvgIpc) is 3.14. The first-order valence-electron chi connectivity index (χ1n) is 10.9. The Morgan fingerprint density at radius 3 is 2.62 bits per heavy atom. The Labute approximate surface area is 173 Å². The van der Waals surface area contributed by atoms with E-state index in [0.717, 1.165) is 38.6 Å². The molecular weight excluding hydrogens is 366 g/mol. The molecule has 1 aliphatic carbocycles. The van der Waals surface area contributed by atoms with Crippen LogP contribution in [0.1, 0.15) is 63.6 Å². The first-order valence-corrected chi connectivity index (χ1v) is 10.9. The van der Waals surface area contributed by atoms with E-state index in [9.17, 15) is 14.7 Å². The van der Waals surface area contributed by atoms with Crippen molar-refractivity contribution >= 4 is 12.0 Å². The highest BCUT2D eigenvalue weighted by Gasteiger charge is 2.52. The Morgan fingerprint density at radius 1 is 1.14 bits per heavy atom. The van der Waals surface area contributed by atoms with Crippen molar-refractivity contribution in [2.75, 3.05) is 13.1 Å². The van der Waals surface area contributed by atoms with Gasteiger partial charge in [0.25, 0.3) is 0 Å². The second-order valence-electron chi connectivity index (χ2n) is 9.87. The molecule has 6 heteroatoms. The summed E-state index contributed by atoms with van der Waals surface area (Å²) in [4.78, 5) is 29.6. The molecule has 0 saturated carbocycles. The zero-order chi connectivity index (χ0) is 20.8. The summed E-state index contributed by atoms with van der Waals surface area (Å²) < 4.78 is 0. The van der Waals surface area contributed by atoms with E-state index in [-0.39, 0.29) is 29.4 Å². The van der Waals surface area contributed by atoms with Crippen LogP contribution in [-0.4, -0.2) is 58.1 Å². The van der Waals surface area contributed by atoms with Crippen molar-refractivity contribution in [3.63, 3.8) is 0 Å². The number of carbonyl (C=O) groups is 2. The van der Waals surface area contributed by atoms with Gasteiger partial charge in [0, 0.05) is 12.6 Å². The van der Waals surface area contributed by atoms with Gasteiger partial charge in [0.15, 0.2) is 0 Å². The molecule has 6 nitrogen and oxygen atoms in total. The van der Waals surface area contributed by atoms with E-state index in [2.05, 4.69) is 43.1 Å². The van der Waals surface area contributed by atoms with Crippen LogP contribution in [0.4, 0.5) is 4.79 Å². The van der Waals surface area contributed by atoms with Crippen molar-refractivity contribution in [2.24, 2.45) is 5.41 Å². The van der Waals surface area contributed by atoms with Gasteiger partial charge in [-0.2, -0.15) is 0 Å². The second-order valence-corrected chi connectivity index (χ2v) is 9.87. The van der Waals surface area contributed by atoms with Crippen LogP contribution in [0.25, 0.3) is 0 Å². The number of aryl methyl sites for hydroxylation is 1. The third-order valence-corrected chi connectivity index (χ3v) is 6.92. The van der Waals surface area contributed by atoms with Crippen LogP contribution in [0, 0.1) is 5.41 Å². The fraction of sp³-hybridized carbons (Fsp3) is 0.652. The van der Waals surface area contributed by atoms with Crippen molar-refractivity contribution in [1.82, 2.24) is 15.1 Å². The lowest BCUT2D eigenvalue weighted by Gasteiger charge is -2.52. The van der Waals surface area contributed by atoms with Crippen LogP contribution < -0.4 is 5.32 Å². The maximum absolute atomic E-state index is 13.4. The van der Waals surface area contributed by atoms with Crippen LogP contribution in [0.15, 0.2) is 24.3 Å². The highest BCUT2D eigenvalue weighted by Crippen LogP contribution is 2.39. The molecule has 0 aromatic heterocycles. The van der Waals surface area contributed by atoms with Crippen LogP contribution in [0.3, 0.4) is 0 Å². The van der Waals surface area contributed by atoms with Gasteiger partial charge in [-0.05, 0) is 55.2 Å². The summed E-state index contributed by atoms with van der Waals surface area (Å²) in [6.45, 7) is 7.69. The van der Waals surface area contributed by atoms with Gasteiger partial charge in [-0.1, -0.05) is 45.0 Å². The summed E-state index contributed by atoms with van der Waals surface area (Å²) in [5.74, 6) is -0.159. The van der Waals surface area contributed by atoms with Crippen molar-refractivity contribution < 1.29 is 14.7 Å². The summed E-state index contributed by atoms with van der Waals surface area (Å²) in [6.07, 6.45) is 4.05. The smallest absolute Gasteiger partial charge is 0.408 e. The van der Waals surface area contributed by atoms with E-state index < -0.39 is 12.1 Å². The number of nitrogens with zero attached hydrogens (tertiary/aromatic N) is 2. The summed E-state index contributed by atoms with van der Waals surface area (Å²) in [6, 6.07) is 7.57. The standard InChI is InChI=1S/C23H33N3O3/c1-23(2,3)20-18-12-7-13-25(18)14-19(26(20)22(28)29)21(27)24-17-11-6-9-15-8-4-5-10-16(15)17/h4-5,8,10,17-20H,6-7,9,11-14H2,1-3H3,(H,24,27)(H,28,29)/t17?,18-,19-,20?/m0/s1. The van der Waals surface area contributed by atoms with Crippen LogP contribution >= 0.6 is 0 Å². The molecular formula is C23H33N3O3. The monoisotopic (exact) mass is 399 g/mol. The van der Waals surface area contributed by atoms with Crippen molar-refractivity contribution in [3.8, 4) is 0 Å². The van der Waals surface area contributed by atoms with E-state index in [4.69, 9.17) is 0 Å². The van der Waals surface area contributed by atoms with Crippen LogP contribution in [-0.2, 0) is 11.2 Å². The molecule has 2 heterocycles. The predicted octanol–water partition coefficient (Wildman–Crippen LogP) is 3.42. The quantitative estimate of drug-likeness (QED) is 0.799. The molecule has 1 aromatic rings. The number of carbonyl (C=O) groups excluding carboxylic acids is 1.